The van der Waals surface area contributed by atoms with Crippen LogP contribution in [0.4, 0.5) is 0 Å². The lowest BCUT2D eigenvalue weighted by Gasteiger charge is -2.36. The van der Waals surface area contributed by atoms with Gasteiger partial charge in [0.25, 0.3) is 0 Å². The fourth-order valence-corrected chi connectivity index (χ4v) is 3.82. The van der Waals surface area contributed by atoms with Crippen LogP contribution < -0.4 is 10.6 Å². The Kier molecular flexibility index (Phi) is 7.99. The average molecular weight is 318 g/mol. The molecule has 5 heteroatoms. The molecular weight excluding hydrogens is 286 g/mol. The van der Waals surface area contributed by atoms with Crippen molar-refractivity contribution in [2.75, 3.05) is 32.7 Å². The first-order chi connectivity index (χ1) is 9.54. The van der Waals surface area contributed by atoms with E-state index in [9.17, 15) is 4.79 Å². The first-order valence-electron chi connectivity index (χ1n) is 8.28. The topological polar surface area (TPSA) is 44.4 Å². The highest BCUT2D eigenvalue weighted by Crippen LogP contribution is 2.21. The normalized spacial score (nSPS) is 29.5. The summed E-state index contributed by atoms with van der Waals surface area (Å²) < 4.78 is 0. The molecule has 0 radical (unpaired) electrons. The van der Waals surface area contributed by atoms with E-state index < -0.39 is 0 Å². The molecule has 21 heavy (non-hydrogen) atoms. The third kappa shape index (κ3) is 6.13. The number of nitrogens with one attached hydrogen (secondary N) is 2. The largest absolute Gasteiger partial charge is 0.352 e. The predicted molar refractivity (Wildman–Crippen MR) is 89.8 cm³/mol. The van der Waals surface area contributed by atoms with Crippen LogP contribution in [-0.4, -0.2) is 49.6 Å². The van der Waals surface area contributed by atoms with E-state index >= 15 is 0 Å². The van der Waals surface area contributed by atoms with Crippen LogP contribution in [0, 0.1) is 17.8 Å². The number of halogens is 1. The number of likely N-dealkylation sites (tertiary alicyclic amines) is 1. The fourth-order valence-electron chi connectivity index (χ4n) is 3.82. The minimum absolute atomic E-state index is 0. The van der Waals surface area contributed by atoms with Gasteiger partial charge in [0.15, 0.2) is 0 Å². The van der Waals surface area contributed by atoms with Gasteiger partial charge in [-0.2, -0.15) is 0 Å². The Morgan fingerprint density at radius 2 is 1.81 bits per heavy atom. The first-order valence-corrected chi connectivity index (χ1v) is 8.28. The minimum atomic E-state index is 0. The van der Waals surface area contributed by atoms with Crippen molar-refractivity contribution in [3.8, 4) is 0 Å². The number of carbonyl (C=O) groups is 1. The van der Waals surface area contributed by atoms with Gasteiger partial charge >= 0.3 is 0 Å². The van der Waals surface area contributed by atoms with E-state index in [0.29, 0.717) is 0 Å². The number of rotatable bonds is 4. The van der Waals surface area contributed by atoms with E-state index in [1.165, 1.54) is 19.5 Å². The van der Waals surface area contributed by atoms with Crippen LogP contribution in [0.5, 0.6) is 0 Å². The number of hydrogen-bond acceptors (Lipinski definition) is 3. The molecule has 0 aromatic rings. The van der Waals surface area contributed by atoms with Gasteiger partial charge in [-0.3, -0.25) is 4.79 Å². The molecule has 2 fully saturated rings. The number of nitrogens with zero attached hydrogens (tertiary/aromatic N) is 1. The molecule has 0 aromatic carbocycles. The van der Waals surface area contributed by atoms with Gasteiger partial charge in [-0.1, -0.05) is 13.8 Å². The Morgan fingerprint density at radius 1 is 1.24 bits per heavy atom. The van der Waals surface area contributed by atoms with Crippen LogP contribution in [0.1, 0.15) is 40.0 Å². The molecule has 2 N–H and O–H groups in total. The summed E-state index contributed by atoms with van der Waals surface area (Å²) in [4.78, 5) is 14.7. The van der Waals surface area contributed by atoms with Gasteiger partial charge in [0.2, 0.25) is 5.91 Å². The van der Waals surface area contributed by atoms with E-state index in [4.69, 9.17) is 0 Å². The highest BCUT2D eigenvalue weighted by Gasteiger charge is 2.25. The molecule has 0 spiro atoms. The molecule has 4 nitrogen and oxygen atoms in total. The zero-order valence-electron chi connectivity index (χ0n) is 13.7. The molecule has 0 bridgehead atoms. The van der Waals surface area contributed by atoms with Crippen molar-refractivity contribution >= 4 is 18.3 Å². The SMILES string of the molecule is CC1CC(C)CN(CC(C)NC(=O)C2CCNCC2)C1.Cl. The Bertz CT molecular complexity index is 311. The van der Waals surface area contributed by atoms with Crippen molar-refractivity contribution in [1.29, 1.82) is 0 Å². The van der Waals surface area contributed by atoms with Crippen LogP contribution in [0.2, 0.25) is 0 Å². The van der Waals surface area contributed by atoms with Gasteiger partial charge in [0.1, 0.15) is 0 Å². The van der Waals surface area contributed by atoms with E-state index in [1.807, 2.05) is 0 Å². The summed E-state index contributed by atoms with van der Waals surface area (Å²) in [5.74, 6) is 2.05. The lowest BCUT2D eigenvalue weighted by Crippen LogP contribution is -2.49. The van der Waals surface area contributed by atoms with Gasteiger partial charge < -0.3 is 15.5 Å². The number of carbonyl (C=O) groups excluding carboxylic acids is 1. The lowest BCUT2D eigenvalue weighted by atomic mass is 9.91. The second-order valence-corrected chi connectivity index (χ2v) is 7.10. The highest BCUT2D eigenvalue weighted by atomic mass is 35.5. The standard InChI is InChI=1S/C16H31N3O.ClH/c1-12-8-13(2)10-19(9-12)11-14(3)18-16(20)15-4-6-17-7-5-15;/h12-15,17H,4-11H2,1-3H3,(H,18,20);1H. The van der Waals surface area contributed by atoms with Crippen LogP contribution >= 0.6 is 12.4 Å². The van der Waals surface area contributed by atoms with Crippen molar-refractivity contribution in [3.63, 3.8) is 0 Å². The van der Waals surface area contributed by atoms with Gasteiger partial charge in [-0.05, 0) is 51.1 Å². The summed E-state index contributed by atoms with van der Waals surface area (Å²) in [7, 11) is 0. The molecule has 3 unspecified atom stereocenters. The Labute approximate surface area is 135 Å². The zero-order valence-corrected chi connectivity index (χ0v) is 14.5. The number of amides is 1. The third-order valence-corrected chi connectivity index (χ3v) is 4.58. The fraction of sp³-hybridized carbons (Fsp3) is 0.938. The quantitative estimate of drug-likeness (QED) is 0.832. The third-order valence-electron chi connectivity index (χ3n) is 4.58. The van der Waals surface area contributed by atoms with Gasteiger partial charge in [0.05, 0.1) is 0 Å². The Hall–Kier alpha value is -0.320. The van der Waals surface area contributed by atoms with E-state index in [1.54, 1.807) is 0 Å². The van der Waals surface area contributed by atoms with Crippen molar-refractivity contribution in [2.45, 2.75) is 46.1 Å². The van der Waals surface area contributed by atoms with Gasteiger partial charge in [0, 0.05) is 31.6 Å². The molecule has 3 atom stereocenters. The monoisotopic (exact) mass is 317 g/mol. The Morgan fingerprint density at radius 3 is 2.38 bits per heavy atom. The molecule has 2 aliphatic heterocycles. The molecule has 2 saturated heterocycles. The van der Waals surface area contributed by atoms with E-state index in [2.05, 4.69) is 36.3 Å². The summed E-state index contributed by atoms with van der Waals surface area (Å²) in [6, 6.07) is 0.259. The lowest BCUT2D eigenvalue weighted by molar-refractivity contribution is -0.126. The summed E-state index contributed by atoms with van der Waals surface area (Å²) in [5, 5.41) is 6.53. The maximum Gasteiger partial charge on any atom is 0.223 e. The minimum Gasteiger partial charge on any atom is -0.352 e. The van der Waals surface area contributed by atoms with Crippen molar-refractivity contribution in [2.24, 2.45) is 17.8 Å². The summed E-state index contributed by atoms with van der Waals surface area (Å²) in [5.41, 5.74) is 0. The average Bonchev–Trinajstić information content (AvgIpc) is 2.38. The number of piperidine rings is 2. The molecule has 0 aliphatic carbocycles. The van der Waals surface area contributed by atoms with E-state index in [-0.39, 0.29) is 30.3 Å². The zero-order chi connectivity index (χ0) is 14.5. The first kappa shape index (κ1) is 18.7. The second-order valence-electron chi connectivity index (χ2n) is 7.10. The van der Waals surface area contributed by atoms with Gasteiger partial charge in [-0.25, -0.2) is 0 Å². The maximum absolute atomic E-state index is 12.2. The van der Waals surface area contributed by atoms with Crippen LogP contribution in [-0.2, 0) is 4.79 Å². The second kappa shape index (κ2) is 8.96. The van der Waals surface area contributed by atoms with Crippen LogP contribution in [0.3, 0.4) is 0 Å². The molecule has 1 amide bonds. The van der Waals surface area contributed by atoms with Crippen molar-refractivity contribution < 1.29 is 4.79 Å². The number of hydrogen-bond donors (Lipinski definition) is 2. The van der Waals surface area contributed by atoms with Crippen LogP contribution in [0.15, 0.2) is 0 Å². The smallest absolute Gasteiger partial charge is 0.223 e. The molecule has 124 valence electrons. The molecule has 0 saturated carbocycles. The summed E-state index contributed by atoms with van der Waals surface area (Å²) in [6.45, 7) is 12.1. The van der Waals surface area contributed by atoms with Crippen molar-refractivity contribution in [1.82, 2.24) is 15.5 Å². The Balaban J connectivity index is 0.00000220. The summed E-state index contributed by atoms with van der Waals surface area (Å²) >= 11 is 0. The molecule has 0 aromatic heterocycles. The molecule has 2 rings (SSSR count). The maximum atomic E-state index is 12.2. The summed E-state index contributed by atoms with van der Waals surface area (Å²) in [6.07, 6.45) is 3.30. The predicted octanol–water partition coefficient (Wildman–Crippen LogP) is 1.89. The molecular formula is C16H32ClN3O. The van der Waals surface area contributed by atoms with Crippen molar-refractivity contribution in [3.05, 3.63) is 0 Å². The molecule has 2 heterocycles. The van der Waals surface area contributed by atoms with Gasteiger partial charge in [-0.15, -0.1) is 12.4 Å². The van der Waals surface area contributed by atoms with E-state index in [0.717, 1.165) is 44.3 Å². The highest BCUT2D eigenvalue weighted by molar-refractivity contribution is 5.85. The van der Waals surface area contributed by atoms with Crippen LogP contribution in [0.25, 0.3) is 0 Å². The molecule has 2 aliphatic rings.